The van der Waals surface area contributed by atoms with Crippen LogP contribution in [0.25, 0.3) is 0 Å². The lowest BCUT2D eigenvalue weighted by Crippen LogP contribution is -2.05. The molecule has 4 heteroatoms. The van der Waals surface area contributed by atoms with E-state index in [4.69, 9.17) is 11.6 Å². The summed E-state index contributed by atoms with van der Waals surface area (Å²) in [6.07, 6.45) is 0. The van der Waals surface area contributed by atoms with Crippen LogP contribution in [0.1, 0.15) is 27.6 Å². The van der Waals surface area contributed by atoms with Gasteiger partial charge >= 0.3 is 0 Å². The first-order valence-electron chi connectivity index (χ1n) is 5.76. The number of benzene rings is 2. The van der Waals surface area contributed by atoms with Crippen molar-refractivity contribution in [3.05, 3.63) is 70.0 Å². The van der Waals surface area contributed by atoms with Gasteiger partial charge in [-0.15, -0.1) is 11.6 Å². The Balaban J connectivity index is 2.60. The molecule has 0 spiro atoms. The topological polar surface area (TPSA) is 0 Å². The second-order valence-electron chi connectivity index (χ2n) is 4.45. The largest absolute Gasteiger partial charge is 0.207 e. The first kappa shape index (κ1) is 13.9. The number of hydrogen-bond donors (Lipinski definition) is 0. The highest BCUT2D eigenvalue weighted by Gasteiger charge is 2.23. The Morgan fingerprint density at radius 2 is 1.37 bits per heavy atom. The van der Waals surface area contributed by atoms with Crippen molar-refractivity contribution in [2.75, 3.05) is 0 Å². The number of rotatable bonds is 2. The van der Waals surface area contributed by atoms with Gasteiger partial charge in [0.05, 0.1) is 5.38 Å². The molecule has 0 saturated heterocycles. The minimum atomic E-state index is -0.984. The van der Waals surface area contributed by atoms with Gasteiger partial charge in [0, 0.05) is 17.7 Å². The SMILES string of the molecule is Cc1cccc(C)c1C(Cl)c1c(F)cc(F)cc1F. The molecule has 0 aliphatic heterocycles. The normalized spacial score (nSPS) is 12.5. The summed E-state index contributed by atoms with van der Waals surface area (Å²) in [6.45, 7) is 3.63. The van der Waals surface area contributed by atoms with Gasteiger partial charge < -0.3 is 0 Å². The summed E-state index contributed by atoms with van der Waals surface area (Å²) in [7, 11) is 0. The highest BCUT2D eigenvalue weighted by molar-refractivity contribution is 6.22. The van der Waals surface area contributed by atoms with Gasteiger partial charge in [0.25, 0.3) is 0 Å². The molecule has 0 N–H and O–H groups in total. The molecule has 0 amide bonds. The molecular formula is C15H12ClF3. The zero-order valence-corrected chi connectivity index (χ0v) is 11.2. The van der Waals surface area contributed by atoms with Gasteiger partial charge in [-0.1, -0.05) is 18.2 Å². The molecule has 2 aromatic carbocycles. The van der Waals surface area contributed by atoms with Crippen LogP contribution in [0.3, 0.4) is 0 Å². The molecule has 0 bridgehead atoms. The molecule has 0 saturated carbocycles. The Morgan fingerprint density at radius 3 is 1.84 bits per heavy atom. The lowest BCUT2D eigenvalue weighted by Gasteiger charge is -2.17. The molecule has 0 aromatic heterocycles. The van der Waals surface area contributed by atoms with Crippen molar-refractivity contribution >= 4 is 11.6 Å². The monoisotopic (exact) mass is 284 g/mol. The van der Waals surface area contributed by atoms with Crippen LogP contribution in [0.2, 0.25) is 0 Å². The average Bonchev–Trinajstić information content (AvgIpc) is 2.26. The first-order chi connectivity index (χ1) is 8.91. The minimum absolute atomic E-state index is 0.319. The van der Waals surface area contributed by atoms with Gasteiger partial charge in [-0.3, -0.25) is 0 Å². The Morgan fingerprint density at radius 1 is 0.895 bits per heavy atom. The van der Waals surface area contributed by atoms with Crippen LogP contribution < -0.4 is 0 Å². The highest BCUT2D eigenvalue weighted by Crippen LogP contribution is 2.36. The maximum absolute atomic E-state index is 13.7. The number of alkyl halides is 1. The molecule has 0 nitrogen and oxygen atoms in total. The molecule has 2 rings (SSSR count). The van der Waals surface area contributed by atoms with Gasteiger partial charge in [-0.25, -0.2) is 13.2 Å². The third-order valence-corrected chi connectivity index (χ3v) is 3.53. The molecule has 0 radical (unpaired) electrons. The van der Waals surface area contributed by atoms with Crippen LogP contribution in [-0.2, 0) is 0 Å². The minimum Gasteiger partial charge on any atom is -0.207 e. The average molecular weight is 285 g/mol. The van der Waals surface area contributed by atoms with Crippen molar-refractivity contribution in [2.24, 2.45) is 0 Å². The van der Waals surface area contributed by atoms with Crippen LogP contribution >= 0.6 is 11.6 Å². The van der Waals surface area contributed by atoms with Crippen molar-refractivity contribution in [1.29, 1.82) is 0 Å². The first-order valence-corrected chi connectivity index (χ1v) is 6.20. The molecule has 2 aromatic rings. The van der Waals surface area contributed by atoms with Gasteiger partial charge in [0.1, 0.15) is 17.5 Å². The van der Waals surface area contributed by atoms with Gasteiger partial charge in [0.15, 0.2) is 0 Å². The van der Waals surface area contributed by atoms with Crippen LogP contribution in [0, 0.1) is 31.3 Å². The van der Waals surface area contributed by atoms with E-state index in [1.807, 2.05) is 32.0 Å². The van der Waals surface area contributed by atoms with Crippen LogP contribution in [0.15, 0.2) is 30.3 Å². The zero-order valence-electron chi connectivity index (χ0n) is 10.5. The van der Waals surface area contributed by atoms with Crippen LogP contribution in [0.4, 0.5) is 13.2 Å². The molecular weight excluding hydrogens is 273 g/mol. The summed E-state index contributed by atoms with van der Waals surface area (Å²) in [6, 6.07) is 6.76. The second kappa shape index (κ2) is 5.25. The third-order valence-electron chi connectivity index (χ3n) is 3.09. The molecule has 100 valence electrons. The summed E-state index contributed by atoms with van der Waals surface area (Å²) in [4.78, 5) is 0. The summed E-state index contributed by atoms with van der Waals surface area (Å²) < 4.78 is 40.4. The van der Waals surface area contributed by atoms with E-state index in [0.29, 0.717) is 17.7 Å². The van der Waals surface area contributed by atoms with E-state index in [1.165, 1.54) is 0 Å². The predicted octanol–water partition coefficient (Wildman–Crippen LogP) is 5.05. The summed E-state index contributed by atoms with van der Waals surface area (Å²) in [5, 5.41) is -0.984. The van der Waals surface area contributed by atoms with Gasteiger partial charge in [0.2, 0.25) is 0 Å². The molecule has 0 fully saturated rings. The third kappa shape index (κ3) is 2.61. The summed E-state index contributed by atoms with van der Waals surface area (Å²) >= 11 is 6.20. The van der Waals surface area contributed by atoms with E-state index in [0.717, 1.165) is 11.1 Å². The maximum atomic E-state index is 13.7. The Labute approximate surface area is 114 Å². The summed E-state index contributed by atoms with van der Waals surface area (Å²) in [5.41, 5.74) is 2.00. The van der Waals surface area contributed by atoms with Crippen molar-refractivity contribution in [1.82, 2.24) is 0 Å². The highest BCUT2D eigenvalue weighted by atomic mass is 35.5. The van der Waals surface area contributed by atoms with Crippen molar-refractivity contribution in [3.8, 4) is 0 Å². The molecule has 0 aliphatic carbocycles. The lowest BCUT2D eigenvalue weighted by atomic mass is 9.95. The van der Waals surface area contributed by atoms with E-state index in [-0.39, 0.29) is 5.56 Å². The van der Waals surface area contributed by atoms with E-state index in [9.17, 15) is 13.2 Å². The predicted molar refractivity (Wildman–Crippen MR) is 69.9 cm³/mol. The Hall–Kier alpha value is -1.48. The van der Waals surface area contributed by atoms with Gasteiger partial charge in [-0.2, -0.15) is 0 Å². The Kier molecular flexibility index (Phi) is 3.85. The number of hydrogen-bond acceptors (Lipinski definition) is 0. The smallest absolute Gasteiger partial charge is 0.134 e. The Bertz CT molecular complexity index is 580. The maximum Gasteiger partial charge on any atom is 0.134 e. The quantitative estimate of drug-likeness (QED) is 0.677. The van der Waals surface area contributed by atoms with Crippen molar-refractivity contribution in [3.63, 3.8) is 0 Å². The zero-order chi connectivity index (χ0) is 14.2. The standard InChI is InChI=1S/C15H12ClF3/c1-8-4-3-5-9(2)13(8)15(16)14-11(18)6-10(17)7-12(14)19/h3-7,15H,1-2H3. The fourth-order valence-corrected chi connectivity index (χ4v) is 2.72. The fraction of sp³-hybridized carbons (Fsp3) is 0.200. The van der Waals surface area contributed by atoms with E-state index in [1.54, 1.807) is 0 Å². The fourth-order valence-electron chi connectivity index (χ4n) is 2.17. The van der Waals surface area contributed by atoms with Gasteiger partial charge in [-0.05, 0) is 30.5 Å². The molecule has 1 unspecified atom stereocenters. The van der Waals surface area contributed by atoms with E-state index < -0.39 is 22.8 Å². The number of aryl methyl sites for hydroxylation is 2. The molecule has 1 atom stereocenters. The van der Waals surface area contributed by atoms with E-state index in [2.05, 4.69) is 0 Å². The van der Waals surface area contributed by atoms with Crippen LogP contribution in [0.5, 0.6) is 0 Å². The van der Waals surface area contributed by atoms with Crippen molar-refractivity contribution < 1.29 is 13.2 Å². The molecule has 0 aliphatic rings. The lowest BCUT2D eigenvalue weighted by molar-refractivity contribution is 0.526. The van der Waals surface area contributed by atoms with Crippen molar-refractivity contribution in [2.45, 2.75) is 19.2 Å². The second-order valence-corrected chi connectivity index (χ2v) is 4.89. The molecule has 0 heterocycles. The molecule has 19 heavy (non-hydrogen) atoms. The van der Waals surface area contributed by atoms with E-state index >= 15 is 0 Å². The number of halogens is 4. The van der Waals surface area contributed by atoms with Crippen LogP contribution in [-0.4, -0.2) is 0 Å². The summed E-state index contributed by atoms with van der Waals surface area (Å²) in [5.74, 6) is -2.90.